The highest BCUT2D eigenvalue weighted by molar-refractivity contribution is 9.10. The number of piperidine rings is 1. The minimum Gasteiger partial charge on any atom is -0.295 e. The first-order valence-corrected chi connectivity index (χ1v) is 8.03. The van der Waals surface area contributed by atoms with E-state index in [0.29, 0.717) is 6.04 Å². The molecule has 1 atom stereocenters. The lowest BCUT2D eigenvalue weighted by Gasteiger charge is -2.35. The molecule has 4 heteroatoms. The van der Waals surface area contributed by atoms with Gasteiger partial charge in [0.2, 0.25) is 0 Å². The first kappa shape index (κ1) is 12.9. The molecule has 0 aliphatic carbocycles. The maximum Gasteiger partial charge on any atom is 0.0331 e. The van der Waals surface area contributed by atoms with Crippen LogP contribution in [0.1, 0.15) is 30.6 Å². The second-order valence-electron chi connectivity index (χ2n) is 4.33. The second kappa shape index (κ2) is 6.39. The molecule has 0 radical (unpaired) electrons. The van der Waals surface area contributed by atoms with Gasteiger partial charge in [0, 0.05) is 33.2 Å². The van der Waals surface area contributed by atoms with Gasteiger partial charge in [-0.15, -0.1) is 22.9 Å². The van der Waals surface area contributed by atoms with E-state index in [0.717, 1.165) is 18.8 Å². The molecule has 90 valence electrons. The summed E-state index contributed by atoms with van der Waals surface area (Å²) >= 11 is 11.2. The van der Waals surface area contributed by atoms with Gasteiger partial charge in [0.15, 0.2) is 0 Å². The van der Waals surface area contributed by atoms with E-state index in [4.69, 9.17) is 11.6 Å². The number of likely N-dealkylation sites (tertiary alicyclic amines) is 1. The molecule has 1 aliphatic rings. The van der Waals surface area contributed by atoms with Crippen molar-refractivity contribution in [2.45, 2.75) is 38.3 Å². The quantitative estimate of drug-likeness (QED) is 0.738. The third-order valence-electron chi connectivity index (χ3n) is 3.17. The Bertz CT molecular complexity index is 327. The standard InChI is InChI=1S/C12H17BrClNS/c13-10-7-12(16-9-10)8-15-6-2-1-3-11(15)4-5-14/h7,9,11H,1-6,8H2. The summed E-state index contributed by atoms with van der Waals surface area (Å²) in [5.41, 5.74) is 0. The lowest BCUT2D eigenvalue weighted by atomic mass is 10.00. The first-order valence-electron chi connectivity index (χ1n) is 5.82. The van der Waals surface area contributed by atoms with Crippen LogP contribution in [0.2, 0.25) is 0 Å². The van der Waals surface area contributed by atoms with E-state index >= 15 is 0 Å². The Morgan fingerprint density at radius 2 is 2.38 bits per heavy atom. The molecule has 2 heterocycles. The molecule has 0 N–H and O–H groups in total. The van der Waals surface area contributed by atoms with Crippen molar-refractivity contribution in [3.8, 4) is 0 Å². The zero-order chi connectivity index (χ0) is 11.4. The van der Waals surface area contributed by atoms with E-state index in [1.807, 2.05) is 11.3 Å². The summed E-state index contributed by atoms with van der Waals surface area (Å²) in [6.45, 7) is 2.33. The van der Waals surface area contributed by atoms with Crippen LogP contribution in [0.5, 0.6) is 0 Å². The summed E-state index contributed by atoms with van der Waals surface area (Å²) in [5.74, 6) is 0.787. The number of thiophene rings is 1. The highest BCUT2D eigenvalue weighted by Crippen LogP contribution is 2.26. The molecule has 0 amide bonds. The number of hydrogen-bond acceptors (Lipinski definition) is 2. The van der Waals surface area contributed by atoms with Crippen molar-refractivity contribution in [1.82, 2.24) is 4.90 Å². The van der Waals surface area contributed by atoms with Gasteiger partial charge in [-0.3, -0.25) is 4.90 Å². The van der Waals surface area contributed by atoms with Crippen LogP contribution in [-0.2, 0) is 6.54 Å². The zero-order valence-corrected chi connectivity index (χ0v) is 12.5. The molecule has 0 saturated carbocycles. The molecule has 2 rings (SSSR count). The van der Waals surface area contributed by atoms with Crippen LogP contribution in [0.15, 0.2) is 15.9 Å². The Kier molecular flexibility index (Phi) is 5.14. The second-order valence-corrected chi connectivity index (χ2v) is 6.62. The maximum atomic E-state index is 5.88. The highest BCUT2D eigenvalue weighted by atomic mass is 79.9. The smallest absolute Gasteiger partial charge is 0.0331 e. The molecule has 1 saturated heterocycles. The lowest BCUT2D eigenvalue weighted by molar-refractivity contribution is 0.138. The molecule has 0 aromatic carbocycles. The van der Waals surface area contributed by atoms with Gasteiger partial charge in [0.1, 0.15) is 0 Å². The fraction of sp³-hybridized carbons (Fsp3) is 0.667. The van der Waals surface area contributed by atoms with E-state index in [9.17, 15) is 0 Å². The summed E-state index contributed by atoms with van der Waals surface area (Å²) in [5, 5.41) is 2.16. The number of alkyl halides is 1. The van der Waals surface area contributed by atoms with Crippen molar-refractivity contribution in [1.29, 1.82) is 0 Å². The van der Waals surface area contributed by atoms with E-state index < -0.39 is 0 Å². The van der Waals surface area contributed by atoms with Crippen LogP contribution >= 0.6 is 38.9 Å². The van der Waals surface area contributed by atoms with Gasteiger partial charge in [-0.25, -0.2) is 0 Å². The number of nitrogens with zero attached hydrogens (tertiary/aromatic N) is 1. The topological polar surface area (TPSA) is 3.24 Å². The molecular weight excluding hydrogens is 306 g/mol. The normalized spacial score (nSPS) is 22.5. The molecular formula is C12H17BrClNS. The molecule has 16 heavy (non-hydrogen) atoms. The van der Waals surface area contributed by atoms with Crippen molar-refractivity contribution in [3.05, 3.63) is 20.8 Å². The Labute approximate surface area is 115 Å². The largest absolute Gasteiger partial charge is 0.295 e. The van der Waals surface area contributed by atoms with Crippen LogP contribution < -0.4 is 0 Å². The third-order valence-corrected chi connectivity index (χ3v) is 5.07. The molecule has 1 aromatic heterocycles. The Balaban J connectivity index is 1.95. The summed E-state index contributed by atoms with van der Waals surface area (Å²) < 4.78 is 1.21. The summed E-state index contributed by atoms with van der Waals surface area (Å²) in [6.07, 6.45) is 5.16. The molecule has 1 unspecified atom stereocenters. The number of hydrogen-bond donors (Lipinski definition) is 0. The molecule has 1 aromatic rings. The molecule has 0 bridgehead atoms. The van der Waals surface area contributed by atoms with Gasteiger partial charge in [0.05, 0.1) is 0 Å². The summed E-state index contributed by atoms with van der Waals surface area (Å²) in [4.78, 5) is 4.05. The fourth-order valence-electron chi connectivity index (χ4n) is 2.36. The lowest BCUT2D eigenvalue weighted by Crippen LogP contribution is -2.38. The maximum absolute atomic E-state index is 5.88. The summed E-state index contributed by atoms with van der Waals surface area (Å²) in [7, 11) is 0. The van der Waals surface area contributed by atoms with E-state index in [1.165, 1.54) is 35.2 Å². The van der Waals surface area contributed by atoms with E-state index in [1.54, 1.807) is 0 Å². The van der Waals surface area contributed by atoms with Crippen LogP contribution in [0.4, 0.5) is 0 Å². The third kappa shape index (κ3) is 3.46. The molecule has 1 fully saturated rings. The van der Waals surface area contributed by atoms with Gasteiger partial charge < -0.3 is 0 Å². The van der Waals surface area contributed by atoms with Crippen molar-refractivity contribution in [2.24, 2.45) is 0 Å². The zero-order valence-electron chi connectivity index (χ0n) is 9.29. The van der Waals surface area contributed by atoms with Gasteiger partial charge in [-0.05, 0) is 47.8 Å². The minimum atomic E-state index is 0.701. The predicted molar refractivity (Wildman–Crippen MR) is 75.4 cm³/mol. The number of halogens is 2. The fourth-order valence-corrected chi connectivity index (χ4v) is 4.09. The Hall–Kier alpha value is 0.430. The van der Waals surface area contributed by atoms with Crippen LogP contribution in [0.3, 0.4) is 0 Å². The Morgan fingerprint density at radius 1 is 1.50 bits per heavy atom. The van der Waals surface area contributed by atoms with Crippen molar-refractivity contribution >= 4 is 38.9 Å². The van der Waals surface area contributed by atoms with Gasteiger partial charge in [-0.2, -0.15) is 0 Å². The molecule has 0 spiro atoms. The summed E-state index contributed by atoms with van der Waals surface area (Å²) in [6, 6.07) is 2.93. The minimum absolute atomic E-state index is 0.701. The molecule has 1 nitrogen and oxygen atoms in total. The van der Waals surface area contributed by atoms with Crippen LogP contribution in [0.25, 0.3) is 0 Å². The predicted octanol–water partition coefficient (Wildman–Crippen LogP) is 4.49. The van der Waals surface area contributed by atoms with Crippen LogP contribution in [-0.4, -0.2) is 23.4 Å². The van der Waals surface area contributed by atoms with Crippen LogP contribution in [0, 0.1) is 0 Å². The van der Waals surface area contributed by atoms with Crippen molar-refractivity contribution in [2.75, 3.05) is 12.4 Å². The molecule has 1 aliphatic heterocycles. The van der Waals surface area contributed by atoms with E-state index in [2.05, 4.69) is 32.3 Å². The average Bonchev–Trinajstić information content (AvgIpc) is 2.67. The monoisotopic (exact) mass is 321 g/mol. The van der Waals surface area contributed by atoms with Gasteiger partial charge >= 0.3 is 0 Å². The first-order chi connectivity index (χ1) is 7.79. The SMILES string of the molecule is ClCCC1CCCCN1Cc1cc(Br)cs1. The van der Waals surface area contributed by atoms with Gasteiger partial charge in [-0.1, -0.05) is 6.42 Å². The Morgan fingerprint density at radius 3 is 3.06 bits per heavy atom. The average molecular weight is 323 g/mol. The highest BCUT2D eigenvalue weighted by Gasteiger charge is 2.22. The van der Waals surface area contributed by atoms with Gasteiger partial charge in [0.25, 0.3) is 0 Å². The van der Waals surface area contributed by atoms with E-state index in [-0.39, 0.29) is 0 Å². The van der Waals surface area contributed by atoms with Crippen molar-refractivity contribution < 1.29 is 0 Å². The number of rotatable bonds is 4. The van der Waals surface area contributed by atoms with Crippen molar-refractivity contribution in [3.63, 3.8) is 0 Å².